The number of hydrogen-bond acceptors (Lipinski definition) is 5. The normalized spacial score (nSPS) is 23.7. The third kappa shape index (κ3) is 5.10. The Labute approximate surface area is 159 Å². The van der Waals surface area contributed by atoms with Crippen molar-refractivity contribution >= 4 is 20.4 Å². The van der Waals surface area contributed by atoms with Crippen LogP contribution in [0.1, 0.15) is 34.1 Å². The molecule has 0 aromatic rings. The van der Waals surface area contributed by atoms with E-state index in [2.05, 4.69) is 40.4 Å². The molecule has 1 amide bonds. The molecule has 1 rings (SSSR count). The van der Waals surface area contributed by atoms with Crippen molar-refractivity contribution in [2.45, 2.75) is 58.3 Å². The predicted molar refractivity (Wildman–Crippen MR) is 104 cm³/mol. The fraction of sp³-hybridized carbons (Fsp3) is 0.789. The summed E-state index contributed by atoms with van der Waals surface area (Å²) in [6, 6.07) is -0.239. The van der Waals surface area contributed by atoms with Crippen LogP contribution >= 0.6 is 0 Å². The van der Waals surface area contributed by atoms with E-state index in [0.717, 1.165) is 5.57 Å². The zero-order valence-corrected chi connectivity index (χ0v) is 18.5. The Morgan fingerprint density at radius 3 is 2.19 bits per heavy atom. The predicted octanol–water partition coefficient (Wildman–Crippen LogP) is 3.83. The number of methoxy groups -OCH3 is 2. The van der Waals surface area contributed by atoms with E-state index in [9.17, 15) is 9.59 Å². The Kier molecular flexibility index (Phi) is 7.48. The minimum Gasteiger partial charge on any atom is -0.469 e. The van der Waals surface area contributed by atoms with Gasteiger partial charge in [0.25, 0.3) is 0 Å². The number of amides is 1. The van der Waals surface area contributed by atoms with Crippen LogP contribution in [0, 0.1) is 11.8 Å². The molecule has 1 aliphatic heterocycles. The van der Waals surface area contributed by atoms with Crippen molar-refractivity contribution in [2.75, 3.05) is 27.4 Å². The maximum atomic E-state index is 12.3. The van der Waals surface area contributed by atoms with Gasteiger partial charge >= 0.3 is 12.1 Å². The largest absolute Gasteiger partial charge is 0.469 e. The number of ether oxygens (including phenoxy) is 2. The number of esters is 1. The summed E-state index contributed by atoms with van der Waals surface area (Å²) in [6.45, 7) is 17.7. The highest BCUT2D eigenvalue weighted by Gasteiger charge is 2.47. The monoisotopic (exact) mass is 385 g/mol. The number of nitrogens with zero attached hydrogens (tertiary/aromatic N) is 1. The van der Waals surface area contributed by atoms with Crippen molar-refractivity contribution in [3.8, 4) is 0 Å². The van der Waals surface area contributed by atoms with Gasteiger partial charge in [-0.2, -0.15) is 0 Å². The van der Waals surface area contributed by atoms with E-state index in [-0.39, 0.29) is 35.3 Å². The Morgan fingerprint density at radius 2 is 1.77 bits per heavy atom. The summed E-state index contributed by atoms with van der Waals surface area (Å²) in [6.07, 6.45) is -0.167. The van der Waals surface area contributed by atoms with Crippen LogP contribution in [0.2, 0.25) is 18.1 Å². The molecule has 0 spiro atoms. The van der Waals surface area contributed by atoms with Crippen molar-refractivity contribution in [3.63, 3.8) is 0 Å². The van der Waals surface area contributed by atoms with Crippen LogP contribution in [0.25, 0.3) is 0 Å². The van der Waals surface area contributed by atoms with Crippen LogP contribution in [0.4, 0.5) is 4.79 Å². The molecule has 6 nitrogen and oxygen atoms in total. The lowest BCUT2D eigenvalue weighted by atomic mass is 9.84. The second-order valence-corrected chi connectivity index (χ2v) is 13.5. The van der Waals surface area contributed by atoms with Gasteiger partial charge in [0.2, 0.25) is 0 Å². The van der Waals surface area contributed by atoms with E-state index >= 15 is 0 Å². The number of carbonyl (C=O) groups excluding carboxylic acids is 2. The average Bonchev–Trinajstić information content (AvgIpc) is 2.89. The lowest BCUT2D eigenvalue weighted by molar-refractivity contribution is -0.142. The summed E-state index contributed by atoms with van der Waals surface area (Å²) in [4.78, 5) is 26.0. The lowest BCUT2D eigenvalue weighted by Crippen LogP contribution is -2.47. The number of hydrogen-bond donors (Lipinski definition) is 0. The molecule has 0 bridgehead atoms. The van der Waals surface area contributed by atoms with Gasteiger partial charge in [0.05, 0.1) is 33.3 Å². The molecule has 0 aromatic carbocycles. The van der Waals surface area contributed by atoms with Gasteiger partial charge in [0.1, 0.15) is 0 Å². The Bertz CT molecular complexity index is 541. The standard InChI is InChI=1S/C19H35NO5Si/c1-13(2)15-11-20(18(22)24-7)16(14(15)10-17(21)23-6)12-25-26(8,9)19(3,4)5/h14-16H,1,10-12H2,2-9H3/t14-,15+,16-/m0/s1. The summed E-state index contributed by atoms with van der Waals surface area (Å²) >= 11 is 0. The Balaban J connectivity index is 3.12. The van der Waals surface area contributed by atoms with Crippen LogP contribution < -0.4 is 0 Å². The van der Waals surface area contributed by atoms with Crippen LogP contribution in [0.5, 0.6) is 0 Å². The smallest absolute Gasteiger partial charge is 0.409 e. The zero-order chi connectivity index (χ0) is 20.3. The van der Waals surface area contributed by atoms with Crippen LogP contribution in [-0.4, -0.2) is 58.7 Å². The average molecular weight is 386 g/mol. The lowest BCUT2D eigenvalue weighted by Gasteiger charge is -2.38. The van der Waals surface area contributed by atoms with E-state index in [0.29, 0.717) is 13.2 Å². The third-order valence-electron chi connectivity index (χ3n) is 5.90. The SMILES string of the molecule is C=C(C)[C@H]1CN(C(=O)OC)[C@@H](CO[Si](C)(C)C(C)(C)C)[C@H]1CC(=O)OC. The van der Waals surface area contributed by atoms with Crippen molar-refractivity contribution in [2.24, 2.45) is 11.8 Å². The second-order valence-electron chi connectivity index (χ2n) is 8.66. The van der Waals surface area contributed by atoms with E-state index in [1.54, 1.807) is 4.90 Å². The van der Waals surface area contributed by atoms with E-state index in [4.69, 9.17) is 13.9 Å². The molecule has 1 saturated heterocycles. The maximum absolute atomic E-state index is 12.3. The van der Waals surface area contributed by atoms with Gasteiger partial charge in [-0.05, 0) is 25.1 Å². The third-order valence-corrected chi connectivity index (χ3v) is 10.4. The Morgan fingerprint density at radius 1 is 1.19 bits per heavy atom. The van der Waals surface area contributed by atoms with Crippen molar-refractivity contribution < 1.29 is 23.5 Å². The quantitative estimate of drug-likeness (QED) is 0.395. The molecule has 26 heavy (non-hydrogen) atoms. The fourth-order valence-corrected chi connectivity index (χ4v) is 4.13. The van der Waals surface area contributed by atoms with Crippen LogP contribution in [0.15, 0.2) is 12.2 Å². The first-order valence-electron chi connectivity index (χ1n) is 9.06. The van der Waals surface area contributed by atoms with Crippen molar-refractivity contribution in [1.82, 2.24) is 4.90 Å². The van der Waals surface area contributed by atoms with Gasteiger partial charge in [0, 0.05) is 18.4 Å². The summed E-state index contributed by atoms with van der Waals surface area (Å²) < 4.78 is 16.2. The van der Waals surface area contributed by atoms with Gasteiger partial charge < -0.3 is 18.8 Å². The zero-order valence-electron chi connectivity index (χ0n) is 17.5. The molecule has 3 atom stereocenters. The summed E-state index contributed by atoms with van der Waals surface area (Å²) in [5.41, 5.74) is 0.947. The molecule has 1 aliphatic rings. The molecule has 0 radical (unpaired) electrons. The molecular weight excluding hydrogens is 350 g/mol. The van der Waals surface area contributed by atoms with Gasteiger partial charge in [-0.15, -0.1) is 0 Å². The number of rotatable bonds is 6. The molecular formula is C19H35NO5Si. The second kappa shape index (κ2) is 8.56. The first kappa shape index (κ1) is 22.7. The van der Waals surface area contributed by atoms with Crippen molar-refractivity contribution in [3.05, 3.63) is 12.2 Å². The molecule has 7 heteroatoms. The van der Waals surface area contributed by atoms with Crippen LogP contribution in [0.3, 0.4) is 0 Å². The molecule has 0 unspecified atom stereocenters. The first-order valence-corrected chi connectivity index (χ1v) is 12.0. The van der Waals surface area contributed by atoms with Gasteiger partial charge in [-0.3, -0.25) is 4.79 Å². The number of carbonyl (C=O) groups is 2. The topological polar surface area (TPSA) is 65.1 Å². The van der Waals surface area contributed by atoms with E-state index < -0.39 is 14.4 Å². The molecule has 0 aromatic heterocycles. The molecule has 0 aliphatic carbocycles. The van der Waals surface area contributed by atoms with Gasteiger partial charge in [-0.25, -0.2) is 4.79 Å². The molecule has 1 fully saturated rings. The molecule has 0 saturated carbocycles. The minimum absolute atomic E-state index is 0.0150. The van der Waals surface area contributed by atoms with E-state index in [1.165, 1.54) is 14.2 Å². The Hall–Kier alpha value is -1.34. The summed E-state index contributed by atoms with van der Waals surface area (Å²) in [5.74, 6) is -0.365. The van der Waals surface area contributed by atoms with Crippen molar-refractivity contribution in [1.29, 1.82) is 0 Å². The summed E-state index contributed by atoms with van der Waals surface area (Å²) in [7, 11) is 0.762. The minimum atomic E-state index is -1.99. The highest BCUT2D eigenvalue weighted by Crippen LogP contribution is 2.40. The maximum Gasteiger partial charge on any atom is 0.409 e. The highest BCUT2D eigenvalue weighted by atomic mass is 28.4. The molecule has 150 valence electrons. The van der Waals surface area contributed by atoms with E-state index in [1.807, 2.05) is 6.92 Å². The highest BCUT2D eigenvalue weighted by molar-refractivity contribution is 6.74. The van der Waals surface area contributed by atoms with Gasteiger partial charge in [0.15, 0.2) is 8.32 Å². The first-order chi connectivity index (χ1) is 11.9. The molecule has 0 N–H and O–H groups in total. The number of likely N-dealkylation sites (tertiary alicyclic amines) is 1. The van der Waals surface area contributed by atoms with Gasteiger partial charge in [-0.1, -0.05) is 32.9 Å². The van der Waals surface area contributed by atoms with Crippen LogP contribution in [-0.2, 0) is 18.7 Å². The fourth-order valence-electron chi connectivity index (χ4n) is 3.11. The summed E-state index contributed by atoms with van der Waals surface area (Å²) in [5, 5.41) is 0.0628. The molecule has 1 heterocycles.